The zero-order valence-corrected chi connectivity index (χ0v) is 13.2. The molecular formula is C18H21N4+3. The molecule has 4 heteroatoms. The Kier molecular flexibility index (Phi) is 3.83. The van der Waals surface area contributed by atoms with Crippen LogP contribution < -0.4 is 18.6 Å². The molecule has 0 radical (unpaired) electrons. The van der Waals surface area contributed by atoms with Gasteiger partial charge in [0.15, 0.2) is 37.2 Å². The molecular weight excluding hydrogens is 272 g/mol. The van der Waals surface area contributed by atoms with Crippen molar-refractivity contribution in [2.24, 2.45) is 21.1 Å². The van der Waals surface area contributed by atoms with E-state index in [1.54, 1.807) is 0 Å². The van der Waals surface area contributed by atoms with Crippen molar-refractivity contribution in [3.05, 3.63) is 73.6 Å². The van der Waals surface area contributed by atoms with Gasteiger partial charge in [0.05, 0.1) is 0 Å². The third-order valence-corrected chi connectivity index (χ3v) is 3.55. The fourth-order valence-corrected chi connectivity index (χ4v) is 2.56. The number of anilines is 3. The number of aromatic nitrogens is 3. The van der Waals surface area contributed by atoms with Gasteiger partial charge < -0.3 is 0 Å². The van der Waals surface area contributed by atoms with Crippen molar-refractivity contribution in [2.75, 3.05) is 4.90 Å². The number of aryl methyl sites for hydroxylation is 3. The zero-order chi connectivity index (χ0) is 15.5. The van der Waals surface area contributed by atoms with Crippen LogP contribution in [0.25, 0.3) is 0 Å². The average molecular weight is 293 g/mol. The molecule has 3 aromatic rings. The lowest BCUT2D eigenvalue weighted by molar-refractivity contribution is -0.671. The number of hydrogen-bond acceptors (Lipinski definition) is 1. The summed E-state index contributed by atoms with van der Waals surface area (Å²) in [6.07, 6.45) is 12.5. The number of hydrogen-bond donors (Lipinski definition) is 0. The Morgan fingerprint density at radius 3 is 1.18 bits per heavy atom. The van der Waals surface area contributed by atoms with Crippen molar-refractivity contribution in [2.45, 2.75) is 0 Å². The van der Waals surface area contributed by atoms with Crippen LogP contribution in [0.1, 0.15) is 0 Å². The van der Waals surface area contributed by atoms with E-state index in [0.717, 1.165) is 17.1 Å². The molecule has 3 aromatic heterocycles. The van der Waals surface area contributed by atoms with Crippen molar-refractivity contribution in [3.63, 3.8) is 0 Å². The molecule has 0 saturated heterocycles. The minimum absolute atomic E-state index is 1.13. The first-order valence-corrected chi connectivity index (χ1v) is 7.29. The van der Waals surface area contributed by atoms with Crippen LogP contribution in [0, 0.1) is 0 Å². The SMILES string of the molecule is C[n+]1cccc(N(c2ccc[n+](C)c2)c2ccc[n+](C)c2)c1. The van der Waals surface area contributed by atoms with Crippen LogP contribution >= 0.6 is 0 Å². The van der Waals surface area contributed by atoms with Crippen LogP contribution in [-0.4, -0.2) is 0 Å². The first-order valence-electron chi connectivity index (χ1n) is 7.29. The molecule has 3 heterocycles. The van der Waals surface area contributed by atoms with Crippen molar-refractivity contribution < 1.29 is 13.7 Å². The largest absolute Gasteiger partial charge is 0.294 e. The van der Waals surface area contributed by atoms with Gasteiger partial charge in [0.25, 0.3) is 0 Å². The fraction of sp³-hybridized carbons (Fsp3) is 0.167. The standard InChI is InChI=1S/C18H21N4/c1-19-10-4-7-16(13-19)22(17-8-5-11-20(2)14-17)18-9-6-12-21(3)15-18/h4-15H,1-3H3/q+3. The van der Waals surface area contributed by atoms with E-state index in [4.69, 9.17) is 0 Å². The molecule has 0 bridgehead atoms. The molecule has 0 fully saturated rings. The highest BCUT2D eigenvalue weighted by Gasteiger charge is 2.18. The molecule has 0 saturated carbocycles. The lowest BCUT2D eigenvalue weighted by Crippen LogP contribution is -2.31. The molecule has 3 rings (SSSR count). The lowest BCUT2D eigenvalue weighted by Gasteiger charge is -2.21. The molecule has 0 atom stereocenters. The molecule has 0 N–H and O–H groups in total. The molecule has 0 aliphatic heterocycles. The normalized spacial score (nSPS) is 10.5. The Morgan fingerprint density at radius 2 is 0.909 bits per heavy atom. The Morgan fingerprint density at radius 1 is 0.591 bits per heavy atom. The van der Waals surface area contributed by atoms with E-state index in [2.05, 4.69) is 73.6 Å². The van der Waals surface area contributed by atoms with Crippen LogP contribution in [0.4, 0.5) is 17.1 Å². The van der Waals surface area contributed by atoms with Gasteiger partial charge in [0.2, 0.25) is 0 Å². The molecule has 0 aliphatic carbocycles. The summed E-state index contributed by atoms with van der Waals surface area (Å²) >= 11 is 0. The Balaban J connectivity index is 2.18. The van der Waals surface area contributed by atoms with Crippen LogP contribution in [0.3, 0.4) is 0 Å². The summed E-state index contributed by atoms with van der Waals surface area (Å²) < 4.78 is 6.19. The topological polar surface area (TPSA) is 14.9 Å². The monoisotopic (exact) mass is 293 g/mol. The highest BCUT2D eigenvalue weighted by Crippen LogP contribution is 2.31. The molecule has 22 heavy (non-hydrogen) atoms. The summed E-state index contributed by atoms with van der Waals surface area (Å²) in [7, 11) is 6.12. The molecule has 0 spiro atoms. The van der Waals surface area contributed by atoms with Gasteiger partial charge in [-0.25, -0.2) is 13.7 Å². The van der Waals surface area contributed by atoms with Crippen molar-refractivity contribution >= 4 is 17.1 Å². The molecule has 4 nitrogen and oxygen atoms in total. The smallest absolute Gasteiger partial charge is 0.192 e. The van der Waals surface area contributed by atoms with E-state index >= 15 is 0 Å². The molecule has 110 valence electrons. The van der Waals surface area contributed by atoms with E-state index in [-0.39, 0.29) is 0 Å². The first kappa shape index (κ1) is 14.2. The second-order valence-corrected chi connectivity index (χ2v) is 5.52. The Bertz CT molecular complexity index is 690. The van der Waals surface area contributed by atoms with E-state index < -0.39 is 0 Å². The van der Waals surface area contributed by atoms with Crippen molar-refractivity contribution in [1.29, 1.82) is 0 Å². The van der Waals surface area contributed by atoms with Gasteiger partial charge in [-0.2, -0.15) is 0 Å². The Hall–Kier alpha value is -2.75. The molecule has 0 aromatic carbocycles. The summed E-state index contributed by atoms with van der Waals surface area (Å²) in [5, 5.41) is 0. The fourth-order valence-electron chi connectivity index (χ4n) is 2.56. The second kappa shape index (κ2) is 5.93. The summed E-state index contributed by atoms with van der Waals surface area (Å²) in [6, 6.07) is 12.6. The van der Waals surface area contributed by atoms with E-state index in [1.807, 2.05) is 39.7 Å². The van der Waals surface area contributed by atoms with E-state index in [1.165, 1.54) is 0 Å². The predicted molar refractivity (Wildman–Crippen MR) is 84.7 cm³/mol. The van der Waals surface area contributed by atoms with Gasteiger partial charge in [-0.3, -0.25) is 4.90 Å². The minimum atomic E-state index is 1.13. The van der Waals surface area contributed by atoms with Gasteiger partial charge in [-0.15, -0.1) is 0 Å². The van der Waals surface area contributed by atoms with Gasteiger partial charge in [-0.1, -0.05) is 0 Å². The zero-order valence-electron chi connectivity index (χ0n) is 13.2. The predicted octanol–water partition coefficient (Wildman–Crippen LogP) is 1.63. The molecule has 0 unspecified atom stereocenters. The highest BCUT2D eigenvalue weighted by molar-refractivity contribution is 5.73. The summed E-state index contributed by atoms with van der Waals surface area (Å²) in [6.45, 7) is 0. The summed E-state index contributed by atoms with van der Waals surface area (Å²) in [5.74, 6) is 0. The van der Waals surface area contributed by atoms with Crippen LogP contribution in [-0.2, 0) is 21.1 Å². The van der Waals surface area contributed by atoms with Crippen LogP contribution in [0.5, 0.6) is 0 Å². The number of pyridine rings is 3. The second-order valence-electron chi connectivity index (χ2n) is 5.52. The maximum absolute atomic E-state index is 2.25. The first-order chi connectivity index (χ1) is 10.6. The van der Waals surface area contributed by atoms with Gasteiger partial charge >= 0.3 is 0 Å². The highest BCUT2D eigenvalue weighted by atomic mass is 15.2. The van der Waals surface area contributed by atoms with E-state index in [9.17, 15) is 0 Å². The van der Waals surface area contributed by atoms with Gasteiger partial charge in [0, 0.05) is 18.2 Å². The quantitative estimate of drug-likeness (QED) is 0.670. The lowest BCUT2D eigenvalue weighted by atomic mass is 10.2. The summed E-state index contributed by atoms with van der Waals surface area (Å²) in [4.78, 5) is 2.25. The maximum atomic E-state index is 2.25. The van der Waals surface area contributed by atoms with E-state index in [0.29, 0.717) is 0 Å². The average Bonchev–Trinajstić information content (AvgIpc) is 2.48. The van der Waals surface area contributed by atoms with Crippen molar-refractivity contribution in [3.8, 4) is 0 Å². The Labute approximate surface area is 131 Å². The van der Waals surface area contributed by atoms with Crippen LogP contribution in [0.2, 0.25) is 0 Å². The third kappa shape index (κ3) is 2.96. The number of rotatable bonds is 3. The molecule has 0 aliphatic rings. The van der Waals surface area contributed by atoms with Gasteiger partial charge in [-0.05, 0) is 18.2 Å². The maximum Gasteiger partial charge on any atom is 0.192 e. The van der Waals surface area contributed by atoms with Crippen molar-refractivity contribution in [1.82, 2.24) is 0 Å². The number of nitrogens with zero attached hydrogens (tertiary/aromatic N) is 4. The van der Waals surface area contributed by atoms with Crippen LogP contribution in [0.15, 0.2) is 73.6 Å². The third-order valence-electron chi connectivity index (χ3n) is 3.55. The molecule has 0 amide bonds. The van der Waals surface area contributed by atoms with Gasteiger partial charge in [0.1, 0.15) is 38.2 Å². The minimum Gasteiger partial charge on any atom is -0.294 e. The summed E-state index contributed by atoms with van der Waals surface area (Å²) in [5.41, 5.74) is 3.38.